The summed E-state index contributed by atoms with van der Waals surface area (Å²) in [5.74, 6) is -0.581. The average molecular weight is 425 g/mol. The van der Waals surface area contributed by atoms with Crippen molar-refractivity contribution in [2.45, 2.75) is 6.92 Å². The van der Waals surface area contributed by atoms with Crippen LogP contribution in [0.3, 0.4) is 0 Å². The van der Waals surface area contributed by atoms with Crippen LogP contribution in [0, 0.1) is 11.3 Å². The molecule has 31 heavy (non-hydrogen) atoms. The van der Waals surface area contributed by atoms with E-state index in [2.05, 4.69) is 0 Å². The molecule has 0 N–H and O–H groups in total. The van der Waals surface area contributed by atoms with Crippen molar-refractivity contribution in [2.24, 2.45) is 0 Å². The smallest absolute Gasteiger partial charge is 0.348 e. The molecule has 0 aliphatic rings. The lowest BCUT2D eigenvalue weighted by Crippen LogP contribution is -2.08. The molecule has 0 spiro atoms. The fraction of sp³-hybridized carbons (Fsp3) is 0.261. The Balaban J connectivity index is 2.90. The van der Waals surface area contributed by atoms with Crippen molar-refractivity contribution in [3.05, 3.63) is 47.0 Å². The molecule has 0 radical (unpaired) electrons. The molecule has 2 rings (SSSR count). The van der Waals surface area contributed by atoms with Crippen molar-refractivity contribution < 1.29 is 33.3 Å². The number of esters is 2. The van der Waals surface area contributed by atoms with E-state index in [9.17, 15) is 14.9 Å². The molecule has 0 fully saturated rings. The van der Waals surface area contributed by atoms with Crippen molar-refractivity contribution >= 4 is 18.0 Å². The first-order valence-electron chi connectivity index (χ1n) is 9.26. The summed E-state index contributed by atoms with van der Waals surface area (Å²) in [7, 11) is 5.57. The maximum absolute atomic E-state index is 12.6. The van der Waals surface area contributed by atoms with Gasteiger partial charge < -0.3 is 23.7 Å². The molecular weight excluding hydrogens is 402 g/mol. The van der Waals surface area contributed by atoms with Crippen LogP contribution >= 0.6 is 0 Å². The van der Waals surface area contributed by atoms with Gasteiger partial charge in [-0.25, -0.2) is 9.59 Å². The van der Waals surface area contributed by atoms with Gasteiger partial charge in [0.05, 0.1) is 40.6 Å². The standard InChI is InChI=1S/C23H23NO7/c1-6-31-22(25)15(13-24)11-14-9-7-8-10-16(14)19-17(23(26)30-5)12-18(27-2)20(28-3)21(19)29-4/h7-12H,6H2,1-5H3/b15-11+. The lowest BCUT2D eigenvalue weighted by Gasteiger charge is -2.20. The highest BCUT2D eigenvalue weighted by atomic mass is 16.5. The Morgan fingerprint density at radius 2 is 1.71 bits per heavy atom. The number of nitriles is 1. The average Bonchev–Trinajstić information content (AvgIpc) is 2.80. The van der Waals surface area contributed by atoms with E-state index in [1.807, 2.05) is 6.07 Å². The van der Waals surface area contributed by atoms with Crippen LogP contribution in [0.1, 0.15) is 22.8 Å². The Labute approximate surface area is 180 Å². The van der Waals surface area contributed by atoms with Crippen molar-refractivity contribution in [3.8, 4) is 34.4 Å². The third-order valence-electron chi connectivity index (χ3n) is 4.38. The molecule has 8 nitrogen and oxygen atoms in total. The zero-order valence-corrected chi connectivity index (χ0v) is 18.0. The molecule has 162 valence electrons. The third kappa shape index (κ3) is 4.78. The Hall–Kier alpha value is -3.99. The molecule has 0 saturated carbocycles. The Morgan fingerprint density at radius 1 is 1.03 bits per heavy atom. The van der Waals surface area contributed by atoms with Gasteiger partial charge in [-0.1, -0.05) is 24.3 Å². The van der Waals surface area contributed by atoms with Crippen molar-refractivity contribution in [2.75, 3.05) is 35.0 Å². The van der Waals surface area contributed by atoms with Crippen molar-refractivity contribution in [1.29, 1.82) is 5.26 Å². The molecular formula is C23H23NO7. The second kappa shape index (κ2) is 10.7. The molecule has 0 bridgehead atoms. The van der Waals surface area contributed by atoms with Gasteiger partial charge in [0.25, 0.3) is 0 Å². The van der Waals surface area contributed by atoms with E-state index in [-0.39, 0.29) is 35.0 Å². The lowest BCUT2D eigenvalue weighted by molar-refractivity contribution is -0.137. The maximum Gasteiger partial charge on any atom is 0.348 e. The number of methoxy groups -OCH3 is 4. The molecule has 0 aromatic heterocycles. The topological polar surface area (TPSA) is 104 Å². The first-order valence-corrected chi connectivity index (χ1v) is 9.26. The summed E-state index contributed by atoms with van der Waals surface area (Å²) in [4.78, 5) is 24.7. The highest BCUT2D eigenvalue weighted by Crippen LogP contribution is 2.48. The molecule has 0 heterocycles. The third-order valence-corrected chi connectivity index (χ3v) is 4.38. The van der Waals surface area contributed by atoms with Crippen LogP contribution in [0.5, 0.6) is 17.2 Å². The van der Waals surface area contributed by atoms with Crippen LogP contribution in [0.15, 0.2) is 35.9 Å². The van der Waals surface area contributed by atoms with Crippen LogP contribution in [0.2, 0.25) is 0 Å². The Morgan fingerprint density at radius 3 is 2.26 bits per heavy atom. The normalized spacial score (nSPS) is 10.6. The molecule has 8 heteroatoms. The summed E-state index contributed by atoms with van der Waals surface area (Å²) < 4.78 is 26.3. The summed E-state index contributed by atoms with van der Waals surface area (Å²) >= 11 is 0. The van der Waals surface area contributed by atoms with Crippen LogP contribution in [0.4, 0.5) is 0 Å². The highest BCUT2D eigenvalue weighted by molar-refractivity contribution is 6.04. The fourth-order valence-electron chi connectivity index (χ4n) is 3.05. The minimum absolute atomic E-state index is 0.134. The summed E-state index contributed by atoms with van der Waals surface area (Å²) in [6, 6.07) is 10.2. The number of carbonyl (C=O) groups excluding carboxylic acids is 2. The van der Waals surface area contributed by atoms with E-state index in [1.54, 1.807) is 31.2 Å². The Kier molecular flexibility index (Phi) is 8.03. The molecule has 0 aliphatic carbocycles. The molecule has 0 aliphatic heterocycles. The monoisotopic (exact) mass is 425 g/mol. The summed E-state index contributed by atoms with van der Waals surface area (Å²) in [6.45, 7) is 1.79. The first-order chi connectivity index (χ1) is 15.0. The van der Waals surface area contributed by atoms with Gasteiger partial charge in [-0.2, -0.15) is 5.26 Å². The zero-order chi connectivity index (χ0) is 23.0. The van der Waals surface area contributed by atoms with E-state index < -0.39 is 11.9 Å². The minimum atomic E-state index is -0.743. The number of hydrogen-bond acceptors (Lipinski definition) is 8. The van der Waals surface area contributed by atoms with Crippen LogP contribution in [-0.2, 0) is 14.3 Å². The van der Waals surface area contributed by atoms with E-state index in [1.165, 1.54) is 40.6 Å². The SMILES string of the molecule is CCOC(=O)/C(C#N)=C/c1ccccc1-c1c(C(=O)OC)cc(OC)c(OC)c1OC. The molecule has 2 aromatic rings. The van der Waals surface area contributed by atoms with Gasteiger partial charge in [0, 0.05) is 5.56 Å². The van der Waals surface area contributed by atoms with Gasteiger partial charge in [-0.15, -0.1) is 0 Å². The number of rotatable bonds is 8. The van der Waals surface area contributed by atoms with Crippen LogP contribution in [0.25, 0.3) is 17.2 Å². The van der Waals surface area contributed by atoms with E-state index in [0.29, 0.717) is 16.7 Å². The predicted molar refractivity (Wildman–Crippen MR) is 113 cm³/mol. The van der Waals surface area contributed by atoms with Gasteiger partial charge in [0.2, 0.25) is 5.75 Å². The van der Waals surface area contributed by atoms with Crippen molar-refractivity contribution in [3.63, 3.8) is 0 Å². The van der Waals surface area contributed by atoms with Crippen LogP contribution < -0.4 is 14.2 Å². The molecule has 0 atom stereocenters. The van der Waals surface area contributed by atoms with Gasteiger partial charge in [-0.05, 0) is 30.2 Å². The number of nitrogens with zero attached hydrogens (tertiary/aromatic N) is 1. The van der Waals surface area contributed by atoms with E-state index in [4.69, 9.17) is 23.7 Å². The highest BCUT2D eigenvalue weighted by Gasteiger charge is 2.27. The van der Waals surface area contributed by atoms with E-state index >= 15 is 0 Å². The second-order valence-corrected chi connectivity index (χ2v) is 6.04. The minimum Gasteiger partial charge on any atom is -0.493 e. The van der Waals surface area contributed by atoms with Gasteiger partial charge in [0.1, 0.15) is 11.6 Å². The summed E-state index contributed by atoms with van der Waals surface area (Å²) in [6.07, 6.45) is 1.39. The van der Waals surface area contributed by atoms with Crippen molar-refractivity contribution in [1.82, 2.24) is 0 Å². The Bertz CT molecular complexity index is 1050. The number of hydrogen-bond donors (Lipinski definition) is 0. The number of ether oxygens (including phenoxy) is 5. The molecule has 0 unspecified atom stereocenters. The maximum atomic E-state index is 12.6. The quantitative estimate of drug-likeness (QED) is 0.359. The summed E-state index contributed by atoms with van der Waals surface area (Å²) in [5.41, 5.74) is 1.33. The van der Waals surface area contributed by atoms with Crippen LogP contribution in [-0.4, -0.2) is 47.0 Å². The zero-order valence-electron chi connectivity index (χ0n) is 18.0. The molecule has 0 saturated heterocycles. The first kappa shape index (κ1) is 23.3. The van der Waals surface area contributed by atoms with Gasteiger partial charge in [-0.3, -0.25) is 0 Å². The number of benzene rings is 2. The summed E-state index contributed by atoms with van der Waals surface area (Å²) in [5, 5.41) is 9.42. The second-order valence-electron chi connectivity index (χ2n) is 6.04. The largest absolute Gasteiger partial charge is 0.493 e. The fourth-order valence-corrected chi connectivity index (χ4v) is 3.05. The lowest BCUT2D eigenvalue weighted by atomic mass is 9.92. The molecule has 0 amide bonds. The predicted octanol–water partition coefficient (Wildman–Crippen LogP) is 3.64. The number of carbonyl (C=O) groups is 2. The van der Waals surface area contributed by atoms with Gasteiger partial charge >= 0.3 is 11.9 Å². The molecule has 2 aromatic carbocycles. The van der Waals surface area contributed by atoms with Gasteiger partial charge in [0.15, 0.2) is 11.5 Å². The van der Waals surface area contributed by atoms with E-state index in [0.717, 1.165) is 0 Å².